The van der Waals surface area contributed by atoms with E-state index in [0.717, 1.165) is 0 Å². The van der Waals surface area contributed by atoms with Gasteiger partial charge in [0.2, 0.25) is 5.82 Å². The Morgan fingerprint density at radius 1 is 1.20 bits per heavy atom. The van der Waals surface area contributed by atoms with Gasteiger partial charge in [-0.25, -0.2) is 19.6 Å². The van der Waals surface area contributed by atoms with Crippen LogP contribution in [0.3, 0.4) is 0 Å². The Morgan fingerprint density at radius 2 is 1.95 bits per heavy atom. The van der Waals surface area contributed by atoms with E-state index in [1.54, 1.807) is 18.2 Å². The van der Waals surface area contributed by atoms with Crippen molar-refractivity contribution in [2.24, 2.45) is 0 Å². The van der Waals surface area contributed by atoms with Crippen molar-refractivity contribution in [1.82, 2.24) is 9.97 Å². The zero-order valence-electron chi connectivity index (χ0n) is 10.4. The molecule has 1 N–H and O–H groups in total. The van der Waals surface area contributed by atoms with Gasteiger partial charge in [-0.15, -0.1) is 0 Å². The number of carbonyl (C=O) groups is 2. The van der Waals surface area contributed by atoms with Gasteiger partial charge in [0.25, 0.3) is 0 Å². The van der Waals surface area contributed by atoms with Gasteiger partial charge < -0.3 is 14.6 Å². The van der Waals surface area contributed by atoms with Crippen molar-refractivity contribution in [3.8, 4) is 11.5 Å². The molecule has 0 aliphatic rings. The zero-order valence-corrected chi connectivity index (χ0v) is 10.4. The Labute approximate surface area is 113 Å². The molecular weight excluding hydrogens is 264 g/mol. The molecule has 0 saturated heterocycles. The van der Waals surface area contributed by atoms with E-state index in [1.807, 2.05) is 0 Å². The third-order valence-corrected chi connectivity index (χ3v) is 2.31. The molecular formula is C13H10N2O5. The third kappa shape index (κ3) is 3.08. The number of rotatable bonds is 4. The molecule has 20 heavy (non-hydrogen) atoms. The summed E-state index contributed by atoms with van der Waals surface area (Å²) in [6.45, 7) is 0. The van der Waals surface area contributed by atoms with E-state index in [4.69, 9.17) is 14.6 Å². The average molecular weight is 274 g/mol. The number of carbonyl (C=O) groups excluding carboxylic acids is 1. The van der Waals surface area contributed by atoms with Crippen LogP contribution in [0, 0.1) is 0 Å². The molecule has 0 radical (unpaired) electrons. The van der Waals surface area contributed by atoms with Crippen molar-refractivity contribution in [2.45, 2.75) is 0 Å². The molecule has 0 amide bonds. The summed E-state index contributed by atoms with van der Waals surface area (Å²) < 4.78 is 10.0. The smallest absolute Gasteiger partial charge is 0.381 e. The maximum absolute atomic E-state index is 11.8. The lowest BCUT2D eigenvalue weighted by Crippen LogP contribution is -2.15. The number of nitrogens with zero attached hydrogens (tertiary/aromatic N) is 2. The maximum Gasteiger partial charge on any atom is 0.381 e. The van der Waals surface area contributed by atoms with Crippen LogP contribution in [-0.4, -0.2) is 34.1 Å². The Morgan fingerprint density at radius 3 is 2.65 bits per heavy atom. The molecule has 7 heteroatoms. The molecule has 1 heterocycles. The second kappa shape index (κ2) is 5.79. The molecule has 0 saturated carbocycles. The van der Waals surface area contributed by atoms with Crippen LogP contribution < -0.4 is 9.47 Å². The number of methoxy groups -OCH3 is 1. The number of carboxylic acid groups (broad SMARTS) is 1. The number of esters is 1. The summed E-state index contributed by atoms with van der Waals surface area (Å²) in [6.07, 6.45) is 1.18. The van der Waals surface area contributed by atoms with E-state index in [9.17, 15) is 9.59 Å². The van der Waals surface area contributed by atoms with Gasteiger partial charge in [-0.2, -0.15) is 0 Å². The number of ether oxygens (including phenoxy) is 2. The van der Waals surface area contributed by atoms with Crippen molar-refractivity contribution in [2.75, 3.05) is 7.11 Å². The first-order chi connectivity index (χ1) is 9.60. The number of hydrogen-bond acceptors (Lipinski definition) is 6. The monoisotopic (exact) mass is 274 g/mol. The summed E-state index contributed by atoms with van der Waals surface area (Å²) in [5, 5.41) is 8.79. The molecule has 0 spiro atoms. The molecule has 0 unspecified atom stereocenters. The number of hydrogen-bond donors (Lipinski definition) is 1. The third-order valence-electron chi connectivity index (χ3n) is 2.31. The lowest BCUT2D eigenvalue weighted by atomic mass is 10.3. The van der Waals surface area contributed by atoms with Crippen LogP contribution in [0.25, 0.3) is 0 Å². The fraction of sp³-hybridized carbons (Fsp3) is 0.0769. The van der Waals surface area contributed by atoms with Crippen LogP contribution in [0.1, 0.15) is 21.1 Å². The highest BCUT2D eigenvalue weighted by Crippen LogP contribution is 2.19. The van der Waals surface area contributed by atoms with E-state index < -0.39 is 11.9 Å². The predicted molar refractivity (Wildman–Crippen MR) is 66.9 cm³/mol. The maximum atomic E-state index is 11.8. The number of carboxylic acids is 1. The summed E-state index contributed by atoms with van der Waals surface area (Å²) in [6, 6.07) is 7.60. The average Bonchev–Trinajstić information content (AvgIpc) is 2.47. The van der Waals surface area contributed by atoms with Gasteiger partial charge in [-0.1, -0.05) is 6.07 Å². The highest BCUT2D eigenvalue weighted by molar-refractivity contribution is 5.90. The second-order valence-corrected chi connectivity index (χ2v) is 3.64. The molecule has 1 aromatic carbocycles. The van der Waals surface area contributed by atoms with Crippen LogP contribution in [-0.2, 0) is 0 Å². The number of benzene rings is 1. The summed E-state index contributed by atoms with van der Waals surface area (Å²) >= 11 is 0. The first kappa shape index (κ1) is 13.5. The minimum Gasteiger partial charge on any atom is -0.497 e. The molecule has 0 atom stereocenters. The van der Waals surface area contributed by atoms with E-state index in [1.165, 1.54) is 25.4 Å². The Bertz CT molecular complexity index is 657. The van der Waals surface area contributed by atoms with Gasteiger partial charge in [0, 0.05) is 12.3 Å². The quantitative estimate of drug-likeness (QED) is 0.664. The van der Waals surface area contributed by atoms with Crippen LogP contribution in [0.2, 0.25) is 0 Å². The fourth-order valence-corrected chi connectivity index (χ4v) is 1.39. The standard InChI is InChI=1S/C13H10N2O5/c1-19-8-3-2-4-9(7-8)20-13(18)11-14-6-5-10(15-11)12(16)17/h2-7H,1H3,(H,16,17). The topological polar surface area (TPSA) is 98.6 Å². The molecule has 2 rings (SSSR count). The van der Waals surface area contributed by atoms with Crippen molar-refractivity contribution >= 4 is 11.9 Å². The Kier molecular flexibility index (Phi) is 3.90. The molecule has 0 bridgehead atoms. The van der Waals surface area contributed by atoms with Crippen LogP contribution in [0.15, 0.2) is 36.5 Å². The summed E-state index contributed by atoms with van der Waals surface area (Å²) in [5.41, 5.74) is -0.280. The normalized spacial score (nSPS) is 9.85. The van der Waals surface area contributed by atoms with Crippen LogP contribution >= 0.6 is 0 Å². The van der Waals surface area contributed by atoms with Crippen molar-refractivity contribution in [1.29, 1.82) is 0 Å². The number of aromatic carboxylic acids is 1. The molecule has 2 aromatic rings. The summed E-state index contributed by atoms with van der Waals surface area (Å²) in [7, 11) is 1.49. The summed E-state index contributed by atoms with van der Waals surface area (Å²) in [5.74, 6) is -1.65. The fourth-order valence-electron chi connectivity index (χ4n) is 1.39. The first-order valence-corrected chi connectivity index (χ1v) is 5.52. The van der Waals surface area contributed by atoms with Gasteiger partial charge in [0.05, 0.1) is 7.11 Å². The minimum absolute atomic E-state index is 0.249. The number of aromatic nitrogens is 2. The lowest BCUT2D eigenvalue weighted by Gasteiger charge is -2.05. The van der Waals surface area contributed by atoms with E-state index in [2.05, 4.69) is 9.97 Å². The molecule has 0 fully saturated rings. The van der Waals surface area contributed by atoms with E-state index in [0.29, 0.717) is 5.75 Å². The Balaban J connectivity index is 2.19. The second-order valence-electron chi connectivity index (χ2n) is 3.64. The lowest BCUT2D eigenvalue weighted by molar-refractivity contribution is 0.0688. The van der Waals surface area contributed by atoms with Crippen molar-refractivity contribution < 1.29 is 24.2 Å². The largest absolute Gasteiger partial charge is 0.497 e. The summed E-state index contributed by atoms with van der Waals surface area (Å²) in [4.78, 5) is 29.8. The van der Waals surface area contributed by atoms with Gasteiger partial charge in [0.15, 0.2) is 5.69 Å². The molecule has 0 aliphatic heterocycles. The predicted octanol–water partition coefficient (Wildman–Crippen LogP) is 1.40. The van der Waals surface area contributed by atoms with E-state index >= 15 is 0 Å². The first-order valence-electron chi connectivity index (χ1n) is 5.52. The zero-order chi connectivity index (χ0) is 14.5. The van der Waals surface area contributed by atoms with Crippen molar-refractivity contribution in [3.63, 3.8) is 0 Å². The molecule has 0 aliphatic carbocycles. The molecule has 7 nitrogen and oxygen atoms in total. The van der Waals surface area contributed by atoms with Crippen molar-refractivity contribution in [3.05, 3.63) is 48.0 Å². The Hall–Kier alpha value is -2.96. The van der Waals surface area contributed by atoms with Gasteiger partial charge >= 0.3 is 11.9 Å². The van der Waals surface area contributed by atoms with E-state index in [-0.39, 0.29) is 17.3 Å². The van der Waals surface area contributed by atoms with Crippen LogP contribution in [0.4, 0.5) is 0 Å². The minimum atomic E-state index is -1.25. The SMILES string of the molecule is COc1cccc(OC(=O)c2nccc(C(=O)O)n2)c1. The van der Waals surface area contributed by atoms with Crippen LogP contribution in [0.5, 0.6) is 11.5 Å². The highest BCUT2D eigenvalue weighted by atomic mass is 16.5. The van der Waals surface area contributed by atoms with Gasteiger partial charge in [0.1, 0.15) is 11.5 Å². The molecule has 102 valence electrons. The molecule has 1 aromatic heterocycles. The highest BCUT2D eigenvalue weighted by Gasteiger charge is 2.15. The van der Waals surface area contributed by atoms with Gasteiger partial charge in [-0.05, 0) is 18.2 Å². The van der Waals surface area contributed by atoms with Gasteiger partial charge in [-0.3, -0.25) is 0 Å².